The lowest BCUT2D eigenvalue weighted by atomic mass is 10.1. The molecule has 0 radical (unpaired) electrons. The Hall–Kier alpha value is -0.940. The summed E-state index contributed by atoms with van der Waals surface area (Å²) in [6.45, 7) is 0. The lowest BCUT2D eigenvalue weighted by Gasteiger charge is -2.13. The van der Waals surface area contributed by atoms with Gasteiger partial charge in [0.15, 0.2) is 0 Å². The first-order valence-corrected chi connectivity index (χ1v) is 8.16. The zero-order chi connectivity index (χ0) is 14.8. The van der Waals surface area contributed by atoms with Gasteiger partial charge in [-0.15, -0.1) is 0 Å². The van der Waals surface area contributed by atoms with Gasteiger partial charge in [-0.2, -0.15) is 0 Å². The van der Waals surface area contributed by atoms with Crippen molar-refractivity contribution in [2.45, 2.75) is 25.0 Å². The quantitative estimate of drug-likeness (QED) is 0.757. The van der Waals surface area contributed by atoms with E-state index >= 15 is 0 Å². The number of carbonyl (C=O) groups excluding carboxylic acids is 1. The maximum atomic E-state index is 13.0. The van der Waals surface area contributed by atoms with Gasteiger partial charge in [-0.1, -0.05) is 17.7 Å². The smallest absolute Gasteiger partial charge is 0.306 e. The van der Waals surface area contributed by atoms with Crippen molar-refractivity contribution in [1.82, 2.24) is 0 Å². The van der Waals surface area contributed by atoms with Crippen LogP contribution < -0.4 is 0 Å². The van der Waals surface area contributed by atoms with Gasteiger partial charge in [0.1, 0.15) is 5.82 Å². The van der Waals surface area contributed by atoms with Crippen molar-refractivity contribution >= 4 is 28.4 Å². The summed E-state index contributed by atoms with van der Waals surface area (Å²) in [5.41, 5.74) is 0.575. The largest absolute Gasteiger partial charge is 0.469 e. The molecule has 0 heterocycles. The Morgan fingerprint density at radius 2 is 2.20 bits per heavy atom. The van der Waals surface area contributed by atoms with Crippen molar-refractivity contribution in [2.75, 3.05) is 12.9 Å². The summed E-state index contributed by atoms with van der Waals surface area (Å²) in [7, 11) is 0.257. The van der Waals surface area contributed by atoms with Crippen LogP contribution in [-0.4, -0.2) is 23.0 Å². The van der Waals surface area contributed by atoms with E-state index in [-0.39, 0.29) is 16.4 Å². The Balaban J connectivity index is 1.92. The molecule has 0 saturated heterocycles. The Morgan fingerprint density at radius 1 is 1.50 bits per heavy atom. The van der Waals surface area contributed by atoms with Gasteiger partial charge in [-0.05, 0) is 36.0 Å². The molecule has 0 N–H and O–H groups in total. The molecule has 0 aromatic heterocycles. The molecular formula is C14H16ClFO3S. The summed E-state index contributed by atoms with van der Waals surface area (Å²) in [5, 5.41) is 0.0372. The van der Waals surface area contributed by atoms with Gasteiger partial charge < -0.3 is 4.74 Å². The minimum atomic E-state index is -1.10. The van der Waals surface area contributed by atoms with Crippen LogP contribution in [0.1, 0.15) is 24.8 Å². The fourth-order valence-electron chi connectivity index (χ4n) is 2.14. The van der Waals surface area contributed by atoms with Crippen LogP contribution >= 0.6 is 11.6 Å². The van der Waals surface area contributed by atoms with Crippen molar-refractivity contribution in [3.63, 3.8) is 0 Å². The Labute approximate surface area is 124 Å². The van der Waals surface area contributed by atoms with E-state index in [0.717, 1.165) is 18.4 Å². The van der Waals surface area contributed by atoms with E-state index in [0.29, 0.717) is 17.9 Å². The lowest BCUT2D eigenvalue weighted by molar-refractivity contribution is -0.141. The number of carbonyl (C=O) groups is 1. The number of hydrogen-bond donors (Lipinski definition) is 0. The zero-order valence-corrected chi connectivity index (χ0v) is 12.7. The van der Waals surface area contributed by atoms with Gasteiger partial charge in [-0.25, -0.2) is 4.39 Å². The van der Waals surface area contributed by atoms with E-state index in [4.69, 9.17) is 11.6 Å². The molecule has 0 amide bonds. The SMILES string of the molecule is COC(=O)CC1(CS(=O)Cc2ccc(F)c(Cl)c2)CC1. The minimum absolute atomic E-state index is 0.0372. The molecule has 1 aromatic rings. The van der Waals surface area contributed by atoms with E-state index in [9.17, 15) is 13.4 Å². The first-order valence-electron chi connectivity index (χ1n) is 6.30. The van der Waals surface area contributed by atoms with Crippen molar-refractivity contribution in [3.05, 3.63) is 34.6 Å². The number of halogens is 2. The first-order chi connectivity index (χ1) is 9.44. The van der Waals surface area contributed by atoms with Gasteiger partial charge in [-0.3, -0.25) is 9.00 Å². The van der Waals surface area contributed by atoms with Crippen molar-refractivity contribution in [3.8, 4) is 0 Å². The molecule has 1 aliphatic rings. The fourth-order valence-corrected chi connectivity index (χ4v) is 4.07. The molecule has 2 rings (SSSR count). The number of hydrogen-bond acceptors (Lipinski definition) is 3. The Bertz CT molecular complexity index is 543. The second-order valence-electron chi connectivity index (χ2n) is 5.23. The molecule has 110 valence electrons. The highest BCUT2D eigenvalue weighted by atomic mass is 35.5. The molecule has 1 unspecified atom stereocenters. The number of benzene rings is 1. The van der Waals surface area contributed by atoms with Crippen molar-refractivity contribution in [2.24, 2.45) is 5.41 Å². The molecule has 0 spiro atoms. The van der Waals surface area contributed by atoms with E-state index in [2.05, 4.69) is 4.74 Å². The van der Waals surface area contributed by atoms with Crippen LogP contribution in [0.3, 0.4) is 0 Å². The van der Waals surface area contributed by atoms with Crippen LogP contribution in [0.4, 0.5) is 4.39 Å². The lowest BCUT2D eigenvalue weighted by Crippen LogP contribution is -2.18. The van der Waals surface area contributed by atoms with Gasteiger partial charge in [0, 0.05) is 22.3 Å². The van der Waals surface area contributed by atoms with Crippen molar-refractivity contribution in [1.29, 1.82) is 0 Å². The van der Waals surface area contributed by atoms with Gasteiger partial charge >= 0.3 is 5.97 Å². The predicted molar refractivity (Wildman–Crippen MR) is 76.4 cm³/mol. The standard InChI is InChI=1S/C14H16ClFO3S/c1-19-13(17)7-14(4-5-14)9-20(18)8-10-2-3-12(16)11(15)6-10/h2-3,6H,4-5,7-9H2,1H3. The maximum absolute atomic E-state index is 13.0. The van der Waals surface area contributed by atoms with E-state index in [1.54, 1.807) is 6.07 Å². The Morgan fingerprint density at radius 3 is 2.75 bits per heavy atom. The third kappa shape index (κ3) is 4.03. The molecule has 20 heavy (non-hydrogen) atoms. The highest BCUT2D eigenvalue weighted by Crippen LogP contribution is 2.49. The zero-order valence-electron chi connectivity index (χ0n) is 11.2. The number of ether oxygens (including phenoxy) is 1. The minimum Gasteiger partial charge on any atom is -0.469 e. The number of rotatable bonds is 6. The topological polar surface area (TPSA) is 43.4 Å². The average Bonchev–Trinajstić information content (AvgIpc) is 3.13. The summed E-state index contributed by atoms with van der Waals surface area (Å²) in [6, 6.07) is 4.35. The van der Waals surface area contributed by atoms with Crippen LogP contribution in [0.5, 0.6) is 0 Å². The van der Waals surface area contributed by atoms with Crippen LogP contribution in [0.2, 0.25) is 5.02 Å². The van der Waals surface area contributed by atoms with E-state index < -0.39 is 16.6 Å². The molecule has 1 saturated carbocycles. The van der Waals surface area contributed by atoms with Crippen molar-refractivity contribution < 1.29 is 18.1 Å². The summed E-state index contributed by atoms with van der Waals surface area (Å²) < 4.78 is 29.9. The van der Waals surface area contributed by atoms with Crippen LogP contribution in [0.15, 0.2) is 18.2 Å². The molecule has 0 bridgehead atoms. The number of esters is 1. The molecule has 6 heteroatoms. The summed E-state index contributed by atoms with van der Waals surface area (Å²) in [6.07, 6.45) is 2.12. The summed E-state index contributed by atoms with van der Waals surface area (Å²) in [5.74, 6) is 0.0508. The van der Waals surface area contributed by atoms with E-state index in [1.807, 2.05) is 0 Å². The van der Waals surface area contributed by atoms with Crippen LogP contribution in [0, 0.1) is 11.2 Å². The highest BCUT2D eigenvalue weighted by Gasteiger charge is 2.45. The second-order valence-corrected chi connectivity index (χ2v) is 7.09. The molecule has 1 atom stereocenters. The number of methoxy groups -OCH3 is 1. The monoisotopic (exact) mass is 318 g/mol. The normalized spacial score (nSPS) is 17.6. The summed E-state index contributed by atoms with van der Waals surface area (Å²) >= 11 is 5.70. The van der Waals surface area contributed by atoms with Crippen LogP contribution in [0.25, 0.3) is 0 Å². The highest BCUT2D eigenvalue weighted by molar-refractivity contribution is 7.84. The molecular weight excluding hydrogens is 303 g/mol. The van der Waals surface area contributed by atoms with Gasteiger partial charge in [0.2, 0.25) is 0 Å². The molecule has 3 nitrogen and oxygen atoms in total. The second kappa shape index (κ2) is 6.22. The maximum Gasteiger partial charge on any atom is 0.306 e. The van der Waals surface area contributed by atoms with Crippen LogP contribution in [-0.2, 0) is 26.1 Å². The van der Waals surface area contributed by atoms with Gasteiger partial charge in [0.05, 0.1) is 18.6 Å². The fraction of sp³-hybridized carbons (Fsp3) is 0.500. The third-order valence-corrected chi connectivity index (χ3v) is 5.36. The molecule has 0 aliphatic heterocycles. The molecule has 1 aliphatic carbocycles. The Kier molecular flexibility index (Phi) is 4.81. The summed E-state index contributed by atoms with van der Waals surface area (Å²) in [4.78, 5) is 11.3. The van der Waals surface area contributed by atoms with E-state index in [1.165, 1.54) is 19.2 Å². The van der Waals surface area contributed by atoms with Gasteiger partial charge in [0.25, 0.3) is 0 Å². The average molecular weight is 319 g/mol. The first kappa shape index (κ1) is 15.4. The molecule has 1 aromatic carbocycles. The third-order valence-electron chi connectivity index (χ3n) is 3.48. The predicted octanol–water partition coefficient (Wildman–Crippen LogP) is 3.07. The molecule has 1 fully saturated rings.